The Morgan fingerprint density at radius 2 is 1.89 bits per heavy atom. The largest absolute Gasteiger partial charge is 0.323 e. The maximum atomic E-state index is 12.4. The van der Waals surface area contributed by atoms with Crippen LogP contribution in [0, 0.1) is 0 Å². The van der Waals surface area contributed by atoms with Crippen molar-refractivity contribution >= 4 is 50.6 Å². The van der Waals surface area contributed by atoms with E-state index in [4.69, 9.17) is 0 Å². The molecule has 1 fully saturated rings. The molecule has 1 N–H and O–H groups in total. The van der Waals surface area contributed by atoms with E-state index in [1.165, 1.54) is 4.90 Å². The summed E-state index contributed by atoms with van der Waals surface area (Å²) >= 11 is 4.50. The lowest BCUT2D eigenvalue weighted by Crippen LogP contribution is -2.31. The first-order valence-electron chi connectivity index (χ1n) is 8.25. The molecule has 0 radical (unpaired) electrons. The number of imide groups is 1. The Bertz CT molecular complexity index is 857. The van der Waals surface area contributed by atoms with Crippen LogP contribution in [-0.4, -0.2) is 39.8 Å². The maximum absolute atomic E-state index is 12.4. The molecule has 140 valence electrons. The predicted molar refractivity (Wildman–Crippen MR) is 109 cm³/mol. The van der Waals surface area contributed by atoms with Gasteiger partial charge in [-0.15, -0.1) is 0 Å². The van der Waals surface area contributed by atoms with Gasteiger partial charge in [-0.3, -0.25) is 14.5 Å². The number of nitrogens with zero attached hydrogens (tertiary/aromatic N) is 2. The lowest BCUT2D eigenvalue weighted by atomic mass is 10.2. The normalized spacial score (nSPS) is 13.8. The van der Waals surface area contributed by atoms with Gasteiger partial charge in [0.2, 0.25) is 5.91 Å². The van der Waals surface area contributed by atoms with Crippen LogP contribution in [0.4, 0.5) is 15.3 Å². The molecule has 2 aromatic rings. The third-order valence-corrected chi connectivity index (χ3v) is 5.73. The number of anilines is 1. The zero-order chi connectivity index (χ0) is 19.4. The van der Waals surface area contributed by atoms with Crippen LogP contribution in [0.5, 0.6) is 0 Å². The van der Waals surface area contributed by atoms with Crippen molar-refractivity contribution in [1.29, 1.82) is 0 Å². The fourth-order valence-electron chi connectivity index (χ4n) is 2.58. The quantitative estimate of drug-likeness (QED) is 0.740. The van der Waals surface area contributed by atoms with Crippen molar-refractivity contribution in [3.8, 4) is 0 Å². The van der Waals surface area contributed by atoms with Gasteiger partial charge in [-0.2, -0.15) is 0 Å². The third kappa shape index (κ3) is 4.90. The van der Waals surface area contributed by atoms with Crippen molar-refractivity contribution in [3.05, 3.63) is 64.1 Å². The van der Waals surface area contributed by atoms with Crippen LogP contribution in [0.15, 0.2) is 53.0 Å². The van der Waals surface area contributed by atoms with Crippen molar-refractivity contribution in [3.63, 3.8) is 0 Å². The highest BCUT2D eigenvalue weighted by Crippen LogP contribution is 2.22. The minimum absolute atomic E-state index is 0.170. The van der Waals surface area contributed by atoms with E-state index in [-0.39, 0.29) is 29.5 Å². The molecule has 6 nitrogen and oxygen atoms in total. The number of benzene rings is 2. The van der Waals surface area contributed by atoms with Crippen LogP contribution in [-0.2, 0) is 17.9 Å². The average molecular weight is 448 g/mol. The van der Waals surface area contributed by atoms with Crippen LogP contribution in [0.1, 0.15) is 11.1 Å². The average Bonchev–Trinajstić information content (AvgIpc) is 2.97. The van der Waals surface area contributed by atoms with E-state index in [9.17, 15) is 14.4 Å². The number of carbonyl (C=O) groups excluding carboxylic acids is 3. The number of rotatable bonds is 5. The molecule has 0 saturated carbocycles. The van der Waals surface area contributed by atoms with Gasteiger partial charge < -0.3 is 10.2 Å². The highest BCUT2D eigenvalue weighted by Gasteiger charge is 2.29. The third-order valence-electron chi connectivity index (χ3n) is 4.10. The second-order valence-electron chi connectivity index (χ2n) is 6.11. The number of hydrogen-bond acceptors (Lipinski definition) is 4. The van der Waals surface area contributed by atoms with Crippen LogP contribution in [0.25, 0.3) is 0 Å². The van der Waals surface area contributed by atoms with E-state index >= 15 is 0 Å². The molecule has 0 unspecified atom stereocenters. The van der Waals surface area contributed by atoms with Crippen LogP contribution in [0.3, 0.4) is 0 Å². The number of carbonyl (C=O) groups is 3. The first kappa shape index (κ1) is 19.4. The first-order valence-corrected chi connectivity index (χ1v) is 10.0. The lowest BCUT2D eigenvalue weighted by molar-refractivity contribution is -0.125. The van der Waals surface area contributed by atoms with Gasteiger partial charge in [-0.05, 0) is 29.3 Å². The predicted octanol–water partition coefficient (Wildman–Crippen LogP) is 4.31. The molecule has 0 aromatic heterocycles. The summed E-state index contributed by atoms with van der Waals surface area (Å²) in [7, 11) is 1.73. The Hall–Kier alpha value is -2.32. The standard InChI is InChI=1S/C19H18BrN3O3S/c1-22(11-14-4-2-3-5-16(14)20)18(25)21-15-8-6-13(7-9-15)10-23-17(24)12-27-19(23)26/h2-9H,10-12H2,1H3,(H,21,25). The van der Waals surface area contributed by atoms with Crippen molar-refractivity contribution in [2.24, 2.45) is 0 Å². The van der Waals surface area contributed by atoms with E-state index < -0.39 is 0 Å². The highest BCUT2D eigenvalue weighted by molar-refractivity contribution is 9.10. The van der Waals surface area contributed by atoms with Gasteiger partial charge in [0.05, 0.1) is 12.3 Å². The minimum atomic E-state index is -0.222. The molecule has 27 heavy (non-hydrogen) atoms. The topological polar surface area (TPSA) is 69.7 Å². The van der Waals surface area contributed by atoms with Gasteiger partial charge in [0.25, 0.3) is 5.24 Å². The van der Waals surface area contributed by atoms with E-state index in [1.54, 1.807) is 36.2 Å². The van der Waals surface area contributed by atoms with Crippen molar-refractivity contribution in [2.45, 2.75) is 13.1 Å². The van der Waals surface area contributed by atoms with E-state index in [1.807, 2.05) is 24.3 Å². The minimum Gasteiger partial charge on any atom is -0.323 e. The summed E-state index contributed by atoms with van der Waals surface area (Å²) in [5, 5.41) is 2.62. The van der Waals surface area contributed by atoms with Crippen molar-refractivity contribution in [1.82, 2.24) is 9.80 Å². The smallest absolute Gasteiger partial charge is 0.321 e. The number of thioether (sulfide) groups is 1. The summed E-state index contributed by atoms with van der Waals surface area (Å²) in [5.74, 6) is 0.0349. The molecule has 8 heteroatoms. The Kier molecular flexibility index (Phi) is 6.18. The monoisotopic (exact) mass is 447 g/mol. The molecule has 0 bridgehead atoms. The number of amides is 4. The second kappa shape index (κ2) is 8.58. The fraction of sp³-hybridized carbons (Fsp3) is 0.211. The summed E-state index contributed by atoms with van der Waals surface area (Å²) in [5.41, 5.74) is 2.50. The summed E-state index contributed by atoms with van der Waals surface area (Å²) in [6.07, 6.45) is 0. The molecule has 0 aliphatic carbocycles. The van der Waals surface area contributed by atoms with Gasteiger partial charge in [0.1, 0.15) is 0 Å². The maximum Gasteiger partial charge on any atom is 0.321 e. The van der Waals surface area contributed by atoms with Crippen LogP contribution >= 0.6 is 27.7 Å². The molecule has 1 saturated heterocycles. The van der Waals surface area contributed by atoms with E-state index in [2.05, 4.69) is 21.2 Å². The zero-order valence-electron chi connectivity index (χ0n) is 14.6. The Balaban J connectivity index is 1.57. The molecule has 4 amide bonds. The van der Waals surface area contributed by atoms with Crippen molar-refractivity contribution < 1.29 is 14.4 Å². The summed E-state index contributed by atoms with van der Waals surface area (Å²) in [4.78, 5) is 38.5. The Labute approximate surface area is 170 Å². The summed E-state index contributed by atoms with van der Waals surface area (Å²) < 4.78 is 0.957. The Morgan fingerprint density at radius 3 is 2.52 bits per heavy atom. The zero-order valence-corrected chi connectivity index (χ0v) is 17.0. The summed E-state index contributed by atoms with van der Waals surface area (Å²) in [6, 6.07) is 14.7. The molecular weight excluding hydrogens is 430 g/mol. The van der Waals surface area contributed by atoms with Crippen molar-refractivity contribution in [2.75, 3.05) is 18.1 Å². The van der Waals surface area contributed by atoms with Gasteiger partial charge in [0.15, 0.2) is 0 Å². The molecule has 0 atom stereocenters. The lowest BCUT2D eigenvalue weighted by Gasteiger charge is -2.19. The summed E-state index contributed by atoms with van der Waals surface area (Å²) in [6.45, 7) is 0.725. The number of hydrogen-bond donors (Lipinski definition) is 1. The molecular formula is C19H18BrN3O3S. The van der Waals surface area contributed by atoms with Gasteiger partial charge in [0, 0.05) is 23.8 Å². The van der Waals surface area contributed by atoms with Gasteiger partial charge in [-0.1, -0.05) is 58.0 Å². The van der Waals surface area contributed by atoms with Gasteiger partial charge >= 0.3 is 6.03 Å². The molecule has 2 aromatic carbocycles. The van der Waals surface area contributed by atoms with Gasteiger partial charge in [-0.25, -0.2) is 4.79 Å². The number of halogens is 1. The Morgan fingerprint density at radius 1 is 1.19 bits per heavy atom. The number of urea groups is 1. The molecule has 1 heterocycles. The fourth-order valence-corrected chi connectivity index (χ4v) is 3.72. The molecule has 0 spiro atoms. The molecule has 3 rings (SSSR count). The van der Waals surface area contributed by atoms with E-state index in [0.717, 1.165) is 27.4 Å². The first-order chi connectivity index (χ1) is 12.9. The van der Waals surface area contributed by atoms with E-state index in [0.29, 0.717) is 12.2 Å². The van der Waals surface area contributed by atoms with Crippen LogP contribution in [0.2, 0.25) is 0 Å². The molecule has 1 aliphatic heterocycles. The second-order valence-corrected chi connectivity index (χ2v) is 7.89. The highest BCUT2D eigenvalue weighted by atomic mass is 79.9. The molecule has 1 aliphatic rings. The number of nitrogens with one attached hydrogen (secondary N) is 1. The SMILES string of the molecule is CN(Cc1ccccc1Br)C(=O)Nc1ccc(CN2C(=O)CSC2=O)cc1. The van der Waals surface area contributed by atoms with Crippen LogP contribution < -0.4 is 5.32 Å².